The minimum Gasteiger partial charge on any atom is -0.497 e. The first-order valence-electron chi connectivity index (χ1n) is 7.23. The summed E-state index contributed by atoms with van der Waals surface area (Å²) in [7, 11) is 3.57. The molecule has 0 fully saturated rings. The van der Waals surface area contributed by atoms with Crippen LogP contribution in [-0.4, -0.2) is 16.7 Å². The van der Waals surface area contributed by atoms with Crippen molar-refractivity contribution in [1.82, 2.24) is 9.55 Å². The van der Waals surface area contributed by atoms with Crippen molar-refractivity contribution < 1.29 is 4.74 Å². The summed E-state index contributed by atoms with van der Waals surface area (Å²) >= 11 is 7.67. The van der Waals surface area contributed by atoms with Crippen molar-refractivity contribution in [2.75, 3.05) is 12.8 Å². The van der Waals surface area contributed by atoms with Gasteiger partial charge in [-0.25, -0.2) is 4.98 Å². The average Bonchev–Trinajstić information content (AvgIpc) is 3.11. The Morgan fingerprint density at radius 2 is 2.00 bits per heavy atom. The monoisotopic (exact) mass is 347 g/mol. The van der Waals surface area contributed by atoms with Gasteiger partial charge in [-0.15, -0.1) is 11.3 Å². The van der Waals surface area contributed by atoms with Gasteiger partial charge in [0.2, 0.25) is 0 Å². The van der Waals surface area contributed by atoms with Gasteiger partial charge >= 0.3 is 0 Å². The fourth-order valence-corrected chi connectivity index (χ4v) is 3.70. The van der Waals surface area contributed by atoms with Gasteiger partial charge in [0, 0.05) is 24.0 Å². The number of anilines is 1. The smallest absolute Gasteiger partial charge is 0.200 e. The SMILES string of the molecule is COc1ccc(C(Cc2ccc(Cl)s2)c2cn(C)c(N)n2)cc1. The largest absolute Gasteiger partial charge is 0.497 e. The van der Waals surface area contributed by atoms with E-state index in [1.165, 1.54) is 10.4 Å². The molecule has 2 aromatic heterocycles. The van der Waals surface area contributed by atoms with E-state index in [2.05, 4.69) is 23.2 Å². The number of ether oxygens (including phenoxy) is 1. The lowest BCUT2D eigenvalue weighted by Crippen LogP contribution is -2.05. The summed E-state index contributed by atoms with van der Waals surface area (Å²) in [5.74, 6) is 1.48. The van der Waals surface area contributed by atoms with Crippen molar-refractivity contribution in [3.8, 4) is 5.75 Å². The van der Waals surface area contributed by atoms with Gasteiger partial charge < -0.3 is 15.0 Å². The number of methoxy groups -OCH3 is 1. The molecule has 0 bridgehead atoms. The molecule has 1 aromatic carbocycles. The van der Waals surface area contributed by atoms with E-state index in [1.54, 1.807) is 18.4 Å². The van der Waals surface area contributed by atoms with Gasteiger partial charge in [0.25, 0.3) is 0 Å². The highest BCUT2D eigenvalue weighted by atomic mass is 35.5. The molecular formula is C17H18ClN3OS. The van der Waals surface area contributed by atoms with Crippen LogP contribution in [0.4, 0.5) is 5.95 Å². The Balaban J connectivity index is 1.97. The first kappa shape index (κ1) is 15.9. The number of benzene rings is 1. The molecule has 3 aromatic rings. The first-order chi connectivity index (χ1) is 11.1. The molecule has 6 heteroatoms. The van der Waals surface area contributed by atoms with Crippen molar-refractivity contribution in [3.05, 3.63) is 63.1 Å². The number of hydrogen-bond donors (Lipinski definition) is 1. The van der Waals surface area contributed by atoms with Crippen molar-refractivity contribution in [3.63, 3.8) is 0 Å². The Morgan fingerprint density at radius 1 is 1.26 bits per heavy atom. The molecule has 0 aliphatic heterocycles. The molecule has 1 atom stereocenters. The van der Waals surface area contributed by atoms with Crippen LogP contribution in [0.3, 0.4) is 0 Å². The Labute approximate surface area is 144 Å². The van der Waals surface area contributed by atoms with E-state index in [0.29, 0.717) is 5.95 Å². The summed E-state index contributed by atoms with van der Waals surface area (Å²) < 4.78 is 7.88. The van der Waals surface area contributed by atoms with Gasteiger partial charge in [-0.05, 0) is 36.2 Å². The number of nitrogens with zero attached hydrogens (tertiary/aromatic N) is 2. The number of thiophene rings is 1. The van der Waals surface area contributed by atoms with Crippen LogP contribution in [-0.2, 0) is 13.5 Å². The Morgan fingerprint density at radius 3 is 2.52 bits per heavy atom. The third kappa shape index (κ3) is 3.51. The highest BCUT2D eigenvalue weighted by Gasteiger charge is 2.20. The number of nitrogen functional groups attached to an aromatic ring is 1. The molecule has 0 saturated heterocycles. The summed E-state index contributed by atoms with van der Waals surface area (Å²) in [5.41, 5.74) is 8.05. The van der Waals surface area contributed by atoms with E-state index < -0.39 is 0 Å². The molecule has 3 rings (SSSR count). The highest BCUT2D eigenvalue weighted by Crippen LogP contribution is 2.33. The van der Waals surface area contributed by atoms with Gasteiger partial charge in [-0.1, -0.05) is 23.7 Å². The van der Waals surface area contributed by atoms with E-state index in [9.17, 15) is 0 Å². The summed E-state index contributed by atoms with van der Waals surface area (Å²) in [6.45, 7) is 0. The van der Waals surface area contributed by atoms with Crippen molar-refractivity contribution in [2.24, 2.45) is 7.05 Å². The maximum Gasteiger partial charge on any atom is 0.200 e. The molecule has 2 N–H and O–H groups in total. The second-order valence-electron chi connectivity index (χ2n) is 5.37. The summed E-state index contributed by atoms with van der Waals surface area (Å²) in [6, 6.07) is 12.1. The van der Waals surface area contributed by atoms with Crippen molar-refractivity contribution in [2.45, 2.75) is 12.3 Å². The molecule has 23 heavy (non-hydrogen) atoms. The van der Waals surface area contributed by atoms with Crippen LogP contribution in [0.15, 0.2) is 42.6 Å². The highest BCUT2D eigenvalue weighted by molar-refractivity contribution is 7.16. The molecule has 0 aliphatic rings. The Hall–Kier alpha value is -1.98. The second kappa shape index (κ2) is 6.64. The molecule has 120 valence electrons. The average molecular weight is 348 g/mol. The third-order valence-electron chi connectivity index (χ3n) is 3.84. The summed E-state index contributed by atoms with van der Waals surface area (Å²) in [5, 5.41) is 0. The minimum atomic E-state index is 0.124. The summed E-state index contributed by atoms with van der Waals surface area (Å²) in [6.07, 6.45) is 2.82. The standard InChI is InChI=1S/C17H18ClN3OS/c1-21-10-15(20-17(21)19)14(9-13-7-8-16(18)23-13)11-3-5-12(22-2)6-4-11/h3-8,10,14H,9H2,1-2H3,(H2,19,20). The van der Waals surface area contributed by atoms with Crippen LogP contribution in [0.25, 0.3) is 0 Å². The maximum atomic E-state index is 6.07. The van der Waals surface area contributed by atoms with Crippen molar-refractivity contribution >= 4 is 28.9 Å². The zero-order valence-corrected chi connectivity index (χ0v) is 14.6. The van der Waals surface area contributed by atoms with Gasteiger partial charge in [-0.2, -0.15) is 0 Å². The van der Waals surface area contributed by atoms with Crippen LogP contribution >= 0.6 is 22.9 Å². The topological polar surface area (TPSA) is 53.1 Å². The van der Waals surface area contributed by atoms with E-state index in [4.69, 9.17) is 22.1 Å². The van der Waals surface area contributed by atoms with Crippen LogP contribution in [0.5, 0.6) is 5.75 Å². The number of aromatic nitrogens is 2. The van der Waals surface area contributed by atoms with E-state index in [-0.39, 0.29) is 5.92 Å². The molecule has 4 nitrogen and oxygen atoms in total. The van der Waals surface area contributed by atoms with Crippen molar-refractivity contribution in [1.29, 1.82) is 0 Å². The normalized spacial score (nSPS) is 12.3. The third-order valence-corrected chi connectivity index (χ3v) is 5.09. The van der Waals surface area contributed by atoms with Gasteiger partial charge in [-0.3, -0.25) is 0 Å². The second-order valence-corrected chi connectivity index (χ2v) is 7.17. The maximum absolute atomic E-state index is 6.07. The number of aryl methyl sites for hydroxylation is 1. The van der Waals surface area contributed by atoms with Gasteiger partial charge in [0.15, 0.2) is 5.95 Å². The molecule has 0 aliphatic carbocycles. The van der Waals surface area contributed by atoms with Crippen LogP contribution in [0.1, 0.15) is 22.1 Å². The minimum absolute atomic E-state index is 0.124. The summed E-state index contributed by atoms with van der Waals surface area (Å²) in [4.78, 5) is 5.74. The molecule has 2 heterocycles. The Kier molecular flexibility index (Phi) is 4.59. The van der Waals surface area contributed by atoms with Gasteiger partial charge in [0.05, 0.1) is 17.1 Å². The number of nitrogens with two attached hydrogens (primary N) is 1. The fourth-order valence-electron chi connectivity index (χ4n) is 2.56. The lowest BCUT2D eigenvalue weighted by Gasteiger charge is -2.15. The van der Waals surface area contributed by atoms with Crippen LogP contribution < -0.4 is 10.5 Å². The predicted molar refractivity (Wildman–Crippen MR) is 95.5 cm³/mol. The first-order valence-corrected chi connectivity index (χ1v) is 8.43. The van der Waals surface area contributed by atoms with Crippen LogP contribution in [0, 0.1) is 0 Å². The number of imidazole rings is 1. The van der Waals surface area contributed by atoms with Gasteiger partial charge in [0.1, 0.15) is 5.75 Å². The molecule has 0 radical (unpaired) electrons. The molecule has 0 saturated carbocycles. The number of halogens is 1. The molecule has 1 unspecified atom stereocenters. The van der Waals surface area contributed by atoms with E-state index in [0.717, 1.165) is 22.2 Å². The van der Waals surface area contributed by atoms with E-state index >= 15 is 0 Å². The zero-order valence-electron chi connectivity index (χ0n) is 13.0. The quantitative estimate of drug-likeness (QED) is 0.756. The Bertz CT molecular complexity index is 775. The molecule has 0 spiro atoms. The fraction of sp³-hybridized carbons (Fsp3) is 0.235. The zero-order chi connectivity index (χ0) is 16.4. The lowest BCUT2D eigenvalue weighted by atomic mass is 9.92. The van der Waals surface area contributed by atoms with E-state index in [1.807, 2.05) is 36.0 Å². The predicted octanol–water partition coefficient (Wildman–Crippen LogP) is 4.10. The number of hydrogen-bond acceptors (Lipinski definition) is 4. The molecule has 0 amide bonds. The molecular weight excluding hydrogens is 330 g/mol. The van der Waals surface area contributed by atoms with Crippen LogP contribution in [0.2, 0.25) is 4.34 Å². The lowest BCUT2D eigenvalue weighted by molar-refractivity contribution is 0.414. The number of rotatable bonds is 5.